The summed E-state index contributed by atoms with van der Waals surface area (Å²) in [5.41, 5.74) is 0.899. The van der Waals surface area contributed by atoms with Crippen LogP contribution in [0.15, 0.2) is 24.3 Å². The van der Waals surface area contributed by atoms with Crippen LogP contribution in [-0.4, -0.2) is 36.9 Å². The number of nitrogens with zero attached hydrogens (tertiary/aromatic N) is 1. The predicted molar refractivity (Wildman–Crippen MR) is 80.7 cm³/mol. The Morgan fingerprint density at radius 3 is 1.95 bits per heavy atom. The molecule has 0 spiro atoms. The quantitative estimate of drug-likeness (QED) is 0.843. The van der Waals surface area contributed by atoms with Crippen LogP contribution < -0.4 is 5.14 Å². The first kappa shape index (κ1) is 15.2. The lowest BCUT2D eigenvalue weighted by Gasteiger charge is -2.29. The summed E-state index contributed by atoms with van der Waals surface area (Å²) in [6.07, 6.45) is 2.31. The molecule has 1 aliphatic carbocycles. The van der Waals surface area contributed by atoms with Crippen LogP contribution in [0.5, 0.6) is 0 Å². The lowest BCUT2D eigenvalue weighted by atomic mass is 9.88. The zero-order chi connectivity index (χ0) is 15.9. The van der Waals surface area contributed by atoms with Crippen LogP contribution in [0, 0.1) is 5.92 Å². The predicted octanol–water partition coefficient (Wildman–Crippen LogP) is 1.13. The minimum Gasteiger partial charge on any atom is -0.274 e. The monoisotopic (exact) mass is 322 g/mol. The van der Waals surface area contributed by atoms with Crippen LogP contribution in [0.2, 0.25) is 0 Å². The van der Waals surface area contributed by atoms with E-state index in [1.807, 2.05) is 0 Å². The van der Waals surface area contributed by atoms with Crippen molar-refractivity contribution in [3.8, 4) is 0 Å². The van der Waals surface area contributed by atoms with Crippen molar-refractivity contribution in [1.29, 1.82) is 0 Å². The van der Waals surface area contributed by atoms with E-state index < -0.39 is 15.3 Å². The molecular formula is C15H18N2O4S. The van der Waals surface area contributed by atoms with Gasteiger partial charge in [0.15, 0.2) is 0 Å². The van der Waals surface area contributed by atoms with Gasteiger partial charge in [-0.3, -0.25) is 14.5 Å². The molecule has 0 aromatic heterocycles. The molecule has 7 heteroatoms. The van der Waals surface area contributed by atoms with Crippen LogP contribution >= 0.6 is 0 Å². The fourth-order valence-electron chi connectivity index (χ4n) is 3.31. The number of imide groups is 1. The number of sulfonamides is 1. The van der Waals surface area contributed by atoms with Crippen molar-refractivity contribution in [3.05, 3.63) is 35.4 Å². The van der Waals surface area contributed by atoms with E-state index in [0.717, 1.165) is 0 Å². The maximum Gasteiger partial charge on any atom is 0.261 e. The number of amides is 2. The fourth-order valence-corrected chi connectivity index (χ4v) is 4.24. The Morgan fingerprint density at radius 1 is 1.00 bits per heavy atom. The van der Waals surface area contributed by atoms with Crippen molar-refractivity contribution in [1.82, 2.24) is 4.90 Å². The molecule has 2 aliphatic rings. The highest BCUT2D eigenvalue weighted by molar-refractivity contribution is 7.89. The normalized spacial score (nSPS) is 25.4. The molecule has 6 nitrogen and oxygen atoms in total. The van der Waals surface area contributed by atoms with Gasteiger partial charge in [0.2, 0.25) is 10.0 Å². The first-order chi connectivity index (χ1) is 10.4. The molecule has 0 saturated heterocycles. The Kier molecular flexibility index (Phi) is 3.78. The molecule has 1 aromatic rings. The molecule has 1 aromatic carbocycles. The van der Waals surface area contributed by atoms with Crippen molar-refractivity contribution >= 4 is 21.8 Å². The molecule has 0 radical (unpaired) electrons. The van der Waals surface area contributed by atoms with Crippen LogP contribution in [0.4, 0.5) is 0 Å². The van der Waals surface area contributed by atoms with E-state index in [9.17, 15) is 18.0 Å². The van der Waals surface area contributed by atoms with E-state index >= 15 is 0 Å². The SMILES string of the molecule is NS(=O)(=O)C1CCC(CN2C(=O)c3ccccc3C2=O)CC1. The third-order valence-electron chi connectivity index (χ3n) is 4.58. The minimum atomic E-state index is -3.49. The van der Waals surface area contributed by atoms with E-state index in [4.69, 9.17) is 5.14 Å². The standard InChI is InChI=1S/C15H18N2O4S/c16-22(20,21)11-7-5-10(6-8-11)9-17-14(18)12-3-1-2-4-13(12)15(17)19/h1-4,10-11H,5-9H2,(H2,16,20,21). The number of carbonyl (C=O) groups is 2. The number of rotatable bonds is 3. The molecular weight excluding hydrogens is 304 g/mol. The molecule has 2 N–H and O–H groups in total. The topological polar surface area (TPSA) is 97.5 Å². The van der Waals surface area contributed by atoms with E-state index in [2.05, 4.69) is 0 Å². The molecule has 3 rings (SSSR count). The van der Waals surface area contributed by atoms with Crippen LogP contribution in [0.25, 0.3) is 0 Å². The van der Waals surface area contributed by atoms with Crippen molar-refractivity contribution < 1.29 is 18.0 Å². The van der Waals surface area contributed by atoms with Crippen molar-refractivity contribution in [3.63, 3.8) is 0 Å². The van der Waals surface area contributed by atoms with Gasteiger partial charge >= 0.3 is 0 Å². The lowest BCUT2D eigenvalue weighted by Crippen LogP contribution is -2.38. The number of benzene rings is 1. The summed E-state index contributed by atoms with van der Waals surface area (Å²) in [6.45, 7) is 0.351. The van der Waals surface area contributed by atoms with Crippen LogP contribution in [0.1, 0.15) is 46.4 Å². The van der Waals surface area contributed by atoms with Crippen LogP contribution in [0.3, 0.4) is 0 Å². The molecule has 0 unspecified atom stereocenters. The highest BCUT2D eigenvalue weighted by Gasteiger charge is 2.37. The second kappa shape index (κ2) is 5.48. The maximum absolute atomic E-state index is 12.3. The summed E-state index contributed by atoms with van der Waals surface area (Å²) in [5, 5.41) is 4.68. The third kappa shape index (κ3) is 2.66. The van der Waals surface area contributed by atoms with Gasteiger partial charge in [0.1, 0.15) is 0 Å². The number of fused-ring (bicyclic) bond motifs is 1. The molecule has 2 amide bonds. The third-order valence-corrected chi connectivity index (χ3v) is 5.98. The second-order valence-electron chi connectivity index (χ2n) is 6.00. The summed E-state index contributed by atoms with van der Waals surface area (Å²) in [4.78, 5) is 25.9. The van der Waals surface area contributed by atoms with Gasteiger partial charge in [0.05, 0.1) is 16.4 Å². The zero-order valence-corrected chi connectivity index (χ0v) is 12.9. The molecule has 0 bridgehead atoms. The molecule has 0 atom stereocenters. The minimum absolute atomic E-state index is 0.139. The summed E-state index contributed by atoms with van der Waals surface area (Å²) in [7, 11) is -3.49. The van der Waals surface area contributed by atoms with Crippen molar-refractivity contribution in [2.24, 2.45) is 11.1 Å². The molecule has 1 fully saturated rings. The van der Waals surface area contributed by atoms with Gasteiger partial charge in [-0.2, -0.15) is 0 Å². The summed E-state index contributed by atoms with van der Waals surface area (Å²) in [5.74, 6) is -0.372. The first-order valence-electron chi connectivity index (χ1n) is 7.35. The highest BCUT2D eigenvalue weighted by Crippen LogP contribution is 2.31. The van der Waals surface area contributed by atoms with Gasteiger partial charge in [0, 0.05) is 6.54 Å². The number of nitrogens with two attached hydrogens (primary N) is 1. The second-order valence-corrected chi connectivity index (χ2v) is 7.84. The summed E-state index contributed by atoms with van der Waals surface area (Å²) >= 11 is 0. The first-order valence-corrected chi connectivity index (χ1v) is 8.95. The Morgan fingerprint density at radius 2 is 1.50 bits per heavy atom. The number of carbonyl (C=O) groups excluding carboxylic acids is 2. The van der Waals surface area contributed by atoms with E-state index in [-0.39, 0.29) is 17.7 Å². The van der Waals surface area contributed by atoms with Gasteiger partial charge < -0.3 is 0 Å². The molecule has 1 heterocycles. The molecule has 1 aliphatic heterocycles. The smallest absolute Gasteiger partial charge is 0.261 e. The molecule has 22 heavy (non-hydrogen) atoms. The van der Waals surface area contributed by atoms with Gasteiger partial charge in [-0.05, 0) is 43.7 Å². The maximum atomic E-state index is 12.3. The molecule has 1 saturated carbocycles. The van der Waals surface area contributed by atoms with Gasteiger partial charge in [-0.1, -0.05) is 12.1 Å². The van der Waals surface area contributed by atoms with Gasteiger partial charge in [-0.25, -0.2) is 13.6 Å². The summed E-state index contributed by atoms with van der Waals surface area (Å²) < 4.78 is 22.7. The van der Waals surface area contributed by atoms with Gasteiger partial charge in [-0.15, -0.1) is 0 Å². The van der Waals surface area contributed by atoms with Crippen molar-refractivity contribution in [2.75, 3.05) is 6.54 Å². The van der Waals surface area contributed by atoms with E-state index in [1.165, 1.54) is 4.90 Å². The largest absolute Gasteiger partial charge is 0.274 e. The Labute approximate surface area is 129 Å². The number of primary sulfonamides is 1. The Balaban J connectivity index is 1.67. The van der Waals surface area contributed by atoms with E-state index in [1.54, 1.807) is 24.3 Å². The molecule has 118 valence electrons. The van der Waals surface area contributed by atoms with Crippen molar-refractivity contribution in [2.45, 2.75) is 30.9 Å². The average Bonchev–Trinajstić information content (AvgIpc) is 2.73. The zero-order valence-electron chi connectivity index (χ0n) is 12.1. The fraction of sp³-hybridized carbons (Fsp3) is 0.467. The summed E-state index contributed by atoms with van der Waals surface area (Å²) in [6, 6.07) is 6.80. The Bertz CT molecular complexity index is 686. The Hall–Kier alpha value is -1.73. The number of hydrogen-bond acceptors (Lipinski definition) is 4. The van der Waals surface area contributed by atoms with Gasteiger partial charge in [0.25, 0.3) is 11.8 Å². The number of hydrogen-bond donors (Lipinski definition) is 1. The highest BCUT2D eigenvalue weighted by atomic mass is 32.2. The average molecular weight is 322 g/mol. The van der Waals surface area contributed by atoms with E-state index in [0.29, 0.717) is 43.4 Å². The lowest BCUT2D eigenvalue weighted by molar-refractivity contribution is 0.0617. The van der Waals surface area contributed by atoms with Crippen LogP contribution in [-0.2, 0) is 10.0 Å².